The maximum Gasteiger partial charge on any atom is 0.244 e. The van der Waals surface area contributed by atoms with Gasteiger partial charge in [-0.2, -0.15) is 4.98 Å². The van der Waals surface area contributed by atoms with Crippen LogP contribution < -0.4 is 4.74 Å². The first kappa shape index (κ1) is 16.9. The summed E-state index contributed by atoms with van der Waals surface area (Å²) in [5, 5.41) is 4.14. The van der Waals surface area contributed by atoms with E-state index in [-0.39, 0.29) is 6.04 Å². The molecule has 2 aromatic heterocycles. The molecular weight excluding hydrogens is 308 g/mol. The highest BCUT2D eigenvalue weighted by Gasteiger charge is 2.30. The minimum absolute atomic E-state index is 0.241. The van der Waals surface area contributed by atoms with Gasteiger partial charge in [-0.05, 0) is 38.4 Å². The molecule has 0 saturated carbocycles. The fourth-order valence-electron chi connectivity index (χ4n) is 3.01. The van der Waals surface area contributed by atoms with Crippen LogP contribution in [-0.2, 0) is 4.74 Å². The van der Waals surface area contributed by atoms with Gasteiger partial charge in [0, 0.05) is 24.9 Å². The molecule has 7 nitrogen and oxygen atoms in total. The zero-order valence-electron chi connectivity index (χ0n) is 14.3. The van der Waals surface area contributed by atoms with Crippen LogP contribution in [0, 0.1) is 0 Å². The number of rotatable bonds is 8. The first-order valence-corrected chi connectivity index (χ1v) is 8.47. The molecule has 1 aliphatic heterocycles. The van der Waals surface area contributed by atoms with Crippen molar-refractivity contribution in [3.8, 4) is 17.3 Å². The summed E-state index contributed by atoms with van der Waals surface area (Å²) in [6, 6.07) is 3.92. The highest BCUT2D eigenvalue weighted by Crippen LogP contribution is 2.32. The second kappa shape index (κ2) is 8.21. The number of hydrogen-bond acceptors (Lipinski definition) is 7. The molecule has 0 N–H and O–H groups in total. The van der Waals surface area contributed by atoms with E-state index in [1.165, 1.54) is 6.42 Å². The van der Waals surface area contributed by atoms with Crippen LogP contribution in [-0.4, -0.2) is 53.4 Å². The van der Waals surface area contributed by atoms with E-state index in [4.69, 9.17) is 14.0 Å². The van der Waals surface area contributed by atoms with E-state index in [2.05, 4.69) is 26.9 Å². The number of hydrogen-bond donors (Lipinski definition) is 0. The van der Waals surface area contributed by atoms with Crippen molar-refractivity contribution >= 4 is 0 Å². The Morgan fingerprint density at radius 3 is 3.12 bits per heavy atom. The van der Waals surface area contributed by atoms with Gasteiger partial charge in [-0.1, -0.05) is 12.1 Å². The number of methoxy groups -OCH3 is 1. The van der Waals surface area contributed by atoms with E-state index in [1.54, 1.807) is 13.3 Å². The lowest BCUT2D eigenvalue weighted by molar-refractivity contribution is 0.144. The molecule has 1 fully saturated rings. The predicted molar refractivity (Wildman–Crippen MR) is 88.7 cm³/mol. The monoisotopic (exact) mass is 332 g/mol. The van der Waals surface area contributed by atoms with Gasteiger partial charge in [-0.15, -0.1) is 0 Å². The summed E-state index contributed by atoms with van der Waals surface area (Å²) in [7, 11) is 1.64. The maximum absolute atomic E-state index is 5.53. The molecule has 3 rings (SSSR count). The number of nitrogens with zero attached hydrogens (tertiary/aromatic N) is 4. The Bertz CT molecular complexity index is 646. The quantitative estimate of drug-likeness (QED) is 0.688. The van der Waals surface area contributed by atoms with Crippen LogP contribution in [0.5, 0.6) is 5.88 Å². The maximum atomic E-state index is 5.53. The van der Waals surface area contributed by atoms with E-state index < -0.39 is 0 Å². The molecule has 0 aromatic carbocycles. The van der Waals surface area contributed by atoms with Gasteiger partial charge < -0.3 is 14.0 Å². The molecule has 7 heteroatoms. The summed E-state index contributed by atoms with van der Waals surface area (Å²) in [6.07, 6.45) is 5.06. The lowest BCUT2D eigenvalue weighted by Gasteiger charge is -2.20. The van der Waals surface area contributed by atoms with Gasteiger partial charge in [0.25, 0.3) is 0 Å². The van der Waals surface area contributed by atoms with Gasteiger partial charge in [-0.25, -0.2) is 4.98 Å². The van der Waals surface area contributed by atoms with Crippen LogP contribution in [0.4, 0.5) is 0 Å². The second-order valence-electron chi connectivity index (χ2n) is 5.87. The summed E-state index contributed by atoms with van der Waals surface area (Å²) in [5.74, 6) is 1.81. The fourth-order valence-corrected chi connectivity index (χ4v) is 3.01. The van der Waals surface area contributed by atoms with Crippen LogP contribution in [0.25, 0.3) is 11.4 Å². The molecule has 1 saturated heterocycles. The Balaban J connectivity index is 1.72. The summed E-state index contributed by atoms with van der Waals surface area (Å²) in [6.45, 7) is 5.33. The number of ether oxygens (including phenoxy) is 2. The normalized spacial score (nSPS) is 18.2. The van der Waals surface area contributed by atoms with Crippen molar-refractivity contribution in [1.29, 1.82) is 0 Å². The standard InChI is InChI=1S/C17H24N4O3/c1-3-8-21-9-4-5-14(21)17-19-16(20-24-17)13-6-7-18-15(12-13)23-11-10-22-2/h6-7,12,14H,3-5,8-11H2,1-2H3/t14-/m0/s1. The number of likely N-dealkylation sites (tertiary alicyclic amines) is 1. The van der Waals surface area contributed by atoms with Crippen molar-refractivity contribution in [3.05, 3.63) is 24.2 Å². The SMILES string of the molecule is CCCN1CCC[C@H]1c1nc(-c2ccnc(OCCOC)c2)no1. The van der Waals surface area contributed by atoms with E-state index >= 15 is 0 Å². The third-order valence-electron chi connectivity index (χ3n) is 4.13. The number of aromatic nitrogens is 3. The van der Waals surface area contributed by atoms with Crippen molar-refractivity contribution in [3.63, 3.8) is 0 Å². The first-order chi connectivity index (χ1) is 11.8. The molecule has 130 valence electrons. The third-order valence-corrected chi connectivity index (χ3v) is 4.13. The molecule has 0 spiro atoms. The lowest BCUT2D eigenvalue weighted by Crippen LogP contribution is -2.24. The summed E-state index contributed by atoms with van der Waals surface area (Å²) >= 11 is 0. The number of pyridine rings is 1. The zero-order valence-corrected chi connectivity index (χ0v) is 14.3. The summed E-state index contributed by atoms with van der Waals surface area (Å²) < 4.78 is 16.0. The highest BCUT2D eigenvalue weighted by molar-refractivity contribution is 5.55. The Morgan fingerprint density at radius 1 is 1.38 bits per heavy atom. The van der Waals surface area contributed by atoms with E-state index in [1.807, 2.05) is 12.1 Å². The van der Waals surface area contributed by atoms with Gasteiger partial charge in [0.1, 0.15) is 6.61 Å². The topological polar surface area (TPSA) is 73.5 Å². The molecule has 0 unspecified atom stereocenters. The minimum atomic E-state index is 0.241. The highest BCUT2D eigenvalue weighted by atomic mass is 16.5. The Kier molecular flexibility index (Phi) is 5.77. The lowest BCUT2D eigenvalue weighted by atomic mass is 10.2. The Labute approximate surface area is 142 Å². The molecule has 0 aliphatic carbocycles. The smallest absolute Gasteiger partial charge is 0.244 e. The average molecular weight is 332 g/mol. The van der Waals surface area contributed by atoms with E-state index in [0.717, 1.165) is 31.5 Å². The predicted octanol–water partition coefficient (Wildman–Crippen LogP) is 2.70. The summed E-state index contributed by atoms with van der Waals surface area (Å²) in [4.78, 5) is 11.2. The van der Waals surface area contributed by atoms with Crippen molar-refractivity contribution < 1.29 is 14.0 Å². The van der Waals surface area contributed by atoms with Crippen LogP contribution in [0.3, 0.4) is 0 Å². The molecule has 0 radical (unpaired) electrons. The van der Waals surface area contributed by atoms with Gasteiger partial charge >= 0.3 is 0 Å². The molecule has 24 heavy (non-hydrogen) atoms. The van der Waals surface area contributed by atoms with Gasteiger partial charge in [0.2, 0.25) is 17.6 Å². The fraction of sp³-hybridized carbons (Fsp3) is 0.588. The van der Waals surface area contributed by atoms with Crippen LogP contribution in [0.2, 0.25) is 0 Å². The van der Waals surface area contributed by atoms with Crippen molar-refractivity contribution in [2.75, 3.05) is 33.4 Å². The molecule has 0 amide bonds. The molecule has 1 aliphatic rings. The summed E-state index contributed by atoms with van der Waals surface area (Å²) in [5.41, 5.74) is 0.840. The average Bonchev–Trinajstić information content (AvgIpc) is 3.25. The Morgan fingerprint density at radius 2 is 2.29 bits per heavy atom. The van der Waals surface area contributed by atoms with Gasteiger partial charge in [-0.3, -0.25) is 4.90 Å². The molecule has 2 aromatic rings. The molecular formula is C17H24N4O3. The van der Waals surface area contributed by atoms with Crippen molar-refractivity contribution in [2.24, 2.45) is 0 Å². The van der Waals surface area contributed by atoms with Crippen LogP contribution >= 0.6 is 0 Å². The van der Waals surface area contributed by atoms with Crippen molar-refractivity contribution in [2.45, 2.75) is 32.2 Å². The largest absolute Gasteiger partial charge is 0.475 e. The molecule has 3 heterocycles. The van der Waals surface area contributed by atoms with E-state index in [0.29, 0.717) is 30.8 Å². The van der Waals surface area contributed by atoms with Crippen LogP contribution in [0.15, 0.2) is 22.9 Å². The van der Waals surface area contributed by atoms with Crippen molar-refractivity contribution in [1.82, 2.24) is 20.0 Å². The minimum Gasteiger partial charge on any atom is -0.475 e. The Hall–Kier alpha value is -1.99. The third kappa shape index (κ3) is 3.91. The molecule has 0 bridgehead atoms. The van der Waals surface area contributed by atoms with Gasteiger partial charge in [0.15, 0.2) is 0 Å². The second-order valence-corrected chi connectivity index (χ2v) is 5.87. The van der Waals surface area contributed by atoms with E-state index in [9.17, 15) is 0 Å². The van der Waals surface area contributed by atoms with Crippen LogP contribution in [0.1, 0.15) is 38.1 Å². The molecule has 1 atom stereocenters. The first-order valence-electron chi connectivity index (χ1n) is 8.47. The zero-order chi connectivity index (χ0) is 16.8. The van der Waals surface area contributed by atoms with Gasteiger partial charge in [0.05, 0.1) is 12.6 Å².